The first-order chi connectivity index (χ1) is 8.84. The minimum Gasteiger partial charge on any atom is -0.476 e. The van der Waals surface area contributed by atoms with Gasteiger partial charge in [-0.2, -0.15) is 13.2 Å². The smallest absolute Gasteiger partial charge is 0.416 e. The van der Waals surface area contributed by atoms with E-state index in [0.29, 0.717) is 0 Å². The second kappa shape index (κ2) is 4.73. The molecule has 1 heterocycles. The van der Waals surface area contributed by atoms with Crippen LogP contribution in [0.1, 0.15) is 24.1 Å². The number of carbonyl (C=O) groups excluding carboxylic acids is 1. The molecule has 0 saturated heterocycles. The monoisotopic (exact) mass is 275 g/mol. The SMILES string of the molecule is CCOC(=O)C1Oc2ccc(C(F)(F)F)cc2C1N. The summed E-state index contributed by atoms with van der Waals surface area (Å²) in [5.74, 6) is -0.502. The molecule has 0 fully saturated rings. The molecule has 2 rings (SSSR count). The van der Waals surface area contributed by atoms with E-state index in [9.17, 15) is 18.0 Å². The van der Waals surface area contributed by atoms with Crippen molar-refractivity contribution in [1.82, 2.24) is 0 Å². The standard InChI is InChI=1S/C12H12F3NO3/c1-2-18-11(17)10-9(16)7-5-6(12(13,14)15)3-4-8(7)19-10/h3-5,9-10H,2,16H2,1H3. The lowest BCUT2D eigenvalue weighted by molar-refractivity contribution is -0.151. The first kappa shape index (κ1) is 13.7. The molecule has 2 N–H and O–H groups in total. The van der Waals surface area contributed by atoms with Crippen molar-refractivity contribution in [2.24, 2.45) is 5.73 Å². The predicted molar refractivity (Wildman–Crippen MR) is 59.4 cm³/mol. The molecule has 0 amide bonds. The van der Waals surface area contributed by atoms with Crippen LogP contribution in [0.5, 0.6) is 5.75 Å². The van der Waals surface area contributed by atoms with Crippen LogP contribution >= 0.6 is 0 Å². The van der Waals surface area contributed by atoms with Gasteiger partial charge in [-0.1, -0.05) is 0 Å². The van der Waals surface area contributed by atoms with Gasteiger partial charge in [-0.3, -0.25) is 0 Å². The molecule has 1 aromatic carbocycles. The van der Waals surface area contributed by atoms with Gasteiger partial charge in [0.1, 0.15) is 5.75 Å². The van der Waals surface area contributed by atoms with E-state index in [-0.39, 0.29) is 17.9 Å². The summed E-state index contributed by atoms with van der Waals surface area (Å²) in [7, 11) is 0. The van der Waals surface area contributed by atoms with Gasteiger partial charge in [0.25, 0.3) is 0 Å². The van der Waals surface area contributed by atoms with Crippen molar-refractivity contribution in [3.63, 3.8) is 0 Å². The number of rotatable bonds is 2. The molecular weight excluding hydrogens is 263 g/mol. The molecule has 2 atom stereocenters. The van der Waals surface area contributed by atoms with E-state index >= 15 is 0 Å². The van der Waals surface area contributed by atoms with E-state index in [2.05, 4.69) is 0 Å². The number of alkyl halides is 3. The number of fused-ring (bicyclic) bond motifs is 1. The third kappa shape index (κ3) is 2.51. The number of carbonyl (C=O) groups is 1. The van der Waals surface area contributed by atoms with Gasteiger partial charge in [0.05, 0.1) is 18.2 Å². The molecule has 1 aromatic rings. The van der Waals surface area contributed by atoms with Crippen LogP contribution in [0.2, 0.25) is 0 Å². The zero-order valence-electron chi connectivity index (χ0n) is 10.0. The van der Waals surface area contributed by atoms with Crippen molar-refractivity contribution in [1.29, 1.82) is 0 Å². The second-order valence-electron chi connectivity index (χ2n) is 4.07. The van der Waals surface area contributed by atoms with E-state index in [1.54, 1.807) is 6.92 Å². The third-order valence-electron chi connectivity index (χ3n) is 2.80. The number of halogens is 3. The van der Waals surface area contributed by atoms with E-state index in [4.69, 9.17) is 15.2 Å². The Labute approximate surface area is 107 Å². The molecule has 104 valence electrons. The Hall–Kier alpha value is -1.76. The van der Waals surface area contributed by atoms with Gasteiger partial charge < -0.3 is 15.2 Å². The maximum atomic E-state index is 12.6. The number of benzene rings is 1. The minimum absolute atomic E-state index is 0.148. The Morgan fingerprint density at radius 2 is 2.16 bits per heavy atom. The Morgan fingerprint density at radius 3 is 2.74 bits per heavy atom. The Bertz CT molecular complexity index is 501. The van der Waals surface area contributed by atoms with Gasteiger partial charge in [0, 0.05) is 5.56 Å². The molecule has 0 aromatic heterocycles. The van der Waals surface area contributed by atoms with Crippen LogP contribution in [-0.2, 0) is 15.7 Å². The fourth-order valence-electron chi connectivity index (χ4n) is 1.88. The van der Waals surface area contributed by atoms with Gasteiger partial charge in [-0.25, -0.2) is 4.79 Å². The molecule has 0 saturated carbocycles. The van der Waals surface area contributed by atoms with Crippen molar-refractivity contribution >= 4 is 5.97 Å². The highest BCUT2D eigenvalue weighted by Crippen LogP contribution is 2.39. The van der Waals surface area contributed by atoms with E-state index in [1.807, 2.05) is 0 Å². The molecule has 1 aliphatic rings. The van der Waals surface area contributed by atoms with Crippen molar-refractivity contribution in [3.8, 4) is 5.75 Å². The molecule has 0 spiro atoms. The fraction of sp³-hybridized carbons (Fsp3) is 0.417. The highest BCUT2D eigenvalue weighted by Gasteiger charge is 2.40. The largest absolute Gasteiger partial charge is 0.476 e. The minimum atomic E-state index is -4.46. The van der Waals surface area contributed by atoms with Crippen LogP contribution in [0.4, 0.5) is 13.2 Å². The Morgan fingerprint density at radius 1 is 1.47 bits per heavy atom. The summed E-state index contributed by atoms with van der Waals surface area (Å²) < 4.78 is 47.8. The number of hydrogen-bond acceptors (Lipinski definition) is 4. The zero-order chi connectivity index (χ0) is 14.2. The van der Waals surface area contributed by atoms with Crippen LogP contribution in [-0.4, -0.2) is 18.7 Å². The second-order valence-corrected chi connectivity index (χ2v) is 4.07. The molecule has 1 aliphatic heterocycles. The summed E-state index contributed by atoms with van der Waals surface area (Å²) >= 11 is 0. The topological polar surface area (TPSA) is 61.5 Å². The van der Waals surface area contributed by atoms with Gasteiger partial charge >= 0.3 is 12.1 Å². The lowest BCUT2D eigenvalue weighted by atomic mass is 10.0. The summed E-state index contributed by atoms with van der Waals surface area (Å²) in [5, 5.41) is 0. The van der Waals surface area contributed by atoms with Crippen molar-refractivity contribution in [3.05, 3.63) is 29.3 Å². The first-order valence-electron chi connectivity index (χ1n) is 5.64. The van der Waals surface area contributed by atoms with Gasteiger partial charge in [0.15, 0.2) is 0 Å². The summed E-state index contributed by atoms with van der Waals surface area (Å²) in [5.41, 5.74) is 5.08. The zero-order valence-corrected chi connectivity index (χ0v) is 10.0. The summed E-state index contributed by atoms with van der Waals surface area (Å²) in [6.07, 6.45) is -5.56. The number of hydrogen-bond donors (Lipinski definition) is 1. The van der Waals surface area contributed by atoms with Crippen molar-refractivity contribution in [2.45, 2.75) is 25.2 Å². The third-order valence-corrected chi connectivity index (χ3v) is 2.80. The van der Waals surface area contributed by atoms with Crippen molar-refractivity contribution < 1.29 is 27.4 Å². The van der Waals surface area contributed by atoms with E-state index < -0.39 is 29.9 Å². The van der Waals surface area contributed by atoms with Gasteiger partial charge in [-0.15, -0.1) is 0 Å². The summed E-state index contributed by atoms with van der Waals surface area (Å²) in [6.45, 7) is 1.77. The van der Waals surface area contributed by atoms with E-state index in [0.717, 1.165) is 18.2 Å². The van der Waals surface area contributed by atoms with Crippen LogP contribution in [0.3, 0.4) is 0 Å². The molecule has 2 unspecified atom stereocenters. The van der Waals surface area contributed by atoms with Crippen LogP contribution in [0.25, 0.3) is 0 Å². The normalized spacial score (nSPS) is 21.7. The highest BCUT2D eigenvalue weighted by atomic mass is 19.4. The van der Waals surface area contributed by atoms with E-state index in [1.165, 1.54) is 0 Å². The molecule has 19 heavy (non-hydrogen) atoms. The lowest BCUT2D eigenvalue weighted by Crippen LogP contribution is -2.35. The van der Waals surface area contributed by atoms with Crippen LogP contribution in [0, 0.1) is 0 Å². The maximum Gasteiger partial charge on any atom is 0.416 e. The number of nitrogens with two attached hydrogens (primary N) is 1. The van der Waals surface area contributed by atoms with Crippen LogP contribution < -0.4 is 10.5 Å². The fourth-order valence-corrected chi connectivity index (χ4v) is 1.88. The number of ether oxygens (including phenoxy) is 2. The van der Waals surface area contributed by atoms with Crippen molar-refractivity contribution in [2.75, 3.05) is 6.61 Å². The quantitative estimate of drug-likeness (QED) is 0.839. The molecular formula is C12H12F3NO3. The molecule has 0 bridgehead atoms. The summed E-state index contributed by atoms with van der Waals surface area (Å²) in [6, 6.07) is 1.99. The number of esters is 1. The maximum absolute atomic E-state index is 12.6. The van der Waals surface area contributed by atoms with Gasteiger partial charge in [0.2, 0.25) is 6.10 Å². The highest BCUT2D eigenvalue weighted by molar-refractivity contribution is 5.78. The average Bonchev–Trinajstić information content (AvgIpc) is 2.66. The lowest BCUT2D eigenvalue weighted by Gasteiger charge is -2.13. The predicted octanol–water partition coefficient (Wildman–Crippen LogP) is 2.03. The molecule has 7 heteroatoms. The van der Waals surface area contributed by atoms with Crippen LogP contribution in [0.15, 0.2) is 18.2 Å². The molecule has 0 aliphatic carbocycles. The molecule has 4 nitrogen and oxygen atoms in total. The summed E-state index contributed by atoms with van der Waals surface area (Å²) in [4.78, 5) is 11.6. The van der Waals surface area contributed by atoms with Gasteiger partial charge in [-0.05, 0) is 25.1 Å². The first-order valence-corrected chi connectivity index (χ1v) is 5.64. The Kier molecular flexibility index (Phi) is 3.40. The molecule has 0 radical (unpaired) electrons. The average molecular weight is 275 g/mol. The Balaban J connectivity index is 2.29.